The number of ether oxygens (including phenoxy) is 2. The minimum Gasteiger partial charge on any atom is -0.493 e. The van der Waals surface area contributed by atoms with Crippen molar-refractivity contribution in [2.75, 3.05) is 7.11 Å². The molecule has 2 aromatic carbocycles. The van der Waals surface area contributed by atoms with Gasteiger partial charge in [-0.3, -0.25) is 0 Å². The first-order valence-electron chi connectivity index (χ1n) is 6.52. The largest absolute Gasteiger partial charge is 0.493 e. The van der Waals surface area contributed by atoms with E-state index in [9.17, 15) is 8.78 Å². The van der Waals surface area contributed by atoms with Gasteiger partial charge in [0.25, 0.3) is 0 Å². The lowest BCUT2D eigenvalue weighted by atomic mass is 10.1. The van der Waals surface area contributed by atoms with Gasteiger partial charge in [-0.1, -0.05) is 12.1 Å². The van der Waals surface area contributed by atoms with Crippen LogP contribution in [0, 0.1) is 11.6 Å². The fourth-order valence-electron chi connectivity index (χ4n) is 1.91. The highest BCUT2D eigenvalue weighted by molar-refractivity contribution is 5.43. The standard InChI is InChI=1S/C16H17F2NO2/c1-10(19)11-6-7-15(16(8-11)20-2)21-9-12-13(17)4-3-5-14(12)18/h3-8,10H,9,19H2,1-2H3/t10-/m0/s1. The molecule has 0 saturated carbocycles. The second kappa shape index (κ2) is 6.54. The maximum Gasteiger partial charge on any atom is 0.161 e. The zero-order chi connectivity index (χ0) is 15.4. The van der Waals surface area contributed by atoms with Crippen LogP contribution in [0.15, 0.2) is 36.4 Å². The van der Waals surface area contributed by atoms with E-state index in [-0.39, 0.29) is 18.2 Å². The molecule has 1 atom stereocenters. The molecule has 0 aliphatic heterocycles. The van der Waals surface area contributed by atoms with E-state index < -0.39 is 11.6 Å². The number of hydrogen-bond acceptors (Lipinski definition) is 3. The zero-order valence-corrected chi connectivity index (χ0v) is 11.9. The molecule has 0 unspecified atom stereocenters. The van der Waals surface area contributed by atoms with Gasteiger partial charge in [0.2, 0.25) is 0 Å². The number of benzene rings is 2. The molecule has 2 N–H and O–H groups in total. The van der Waals surface area contributed by atoms with Crippen LogP contribution in [0.5, 0.6) is 11.5 Å². The van der Waals surface area contributed by atoms with Gasteiger partial charge in [-0.05, 0) is 36.8 Å². The SMILES string of the molecule is COc1cc([C@H](C)N)ccc1OCc1c(F)cccc1F. The third-order valence-corrected chi connectivity index (χ3v) is 3.15. The molecule has 21 heavy (non-hydrogen) atoms. The van der Waals surface area contributed by atoms with Crippen LogP contribution in [0.25, 0.3) is 0 Å². The second-order valence-corrected chi connectivity index (χ2v) is 4.69. The summed E-state index contributed by atoms with van der Waals surface area (Å²) in [5.74, 6) is -0.395. The van der Waals surface area contributed by atoms with E-state index in [0.717, 1.165) is 5.56 Å². The van der Waals surface area contributed by atoms with Crippen molar-refractivity contribution in [2.45, 2.75) is 19.6 Å². The minimum atomic E-state index is -0.638. The highest BCUT2D eigenvalue weighted by Crippen LogP contribution is 2.30. The molecule has 0 aliphatic rings. The minimum absolute atomic E-state index is 0.115. The van der Waals surface area contributed by atoms with Crippen molar-refractivity contribution in [3.8, 4) is 11.5 Å². The van der Waals surface area contributed by atoms with Crippen LogP contribution in [0.1, 0.15) is 24.1 Å². The van der Waals surface area contributed by atoms with Gasteiger partial charge in [-0.15, -0.1) is 0 Å². The third-order valence-electron chi connectivity index (χ3n) is 3.15. The highest BCUT2D eigenvalue weighted by atomic mass is 19.1. The number of hydrogen-bond donors (Lipinski definition) is 1. The van der Waals surface area contributed by atoms with Gasteiger partial charge >= 0.3 is 0 Å². The molecule has 0 saturated heterocycles. The quantitative estimate of drug-likeness (QED) is 0.916. The fraction of sp³-hybridized carbons (Fsp3) is 0.250. The first-order chi connectivity index (χ1) is 10.0. The van der Waals surface area contributed by atoms with E-state index >= 15 is 0 Å². The van der Waals surface area contributed by atoms with E-state index in [2.05, 4.69) is 0 Å². The Morgan fingerprint density at radius 2 is 1.76 bits per heavy atom. The predicted molar refractivity (Wildman–Crippen MR) is 76.3 cm³/mol. The molecule has 0 aromatic heterocycles. The van der Waals surface area contributed by atoms with Crippen molar-refractivity contribution < 1.29 is 18.3 Å². The second-order valence-electron chi connectivity index (χ2n) is 4.69. The summed E-state index contributed by atoms with van der Waals surface area (Å²) in [4.78, 5) is 0. The number of rotatable bonds is 5. The van der Waals surface area contributed by atoms with Gasteiger partial charge in [0.15, 0.2) is 11.5 Å². The molecule has 0 amide bonds. The summed E-state index contributed by atoms with van der Waals surface area (Å²) >= 11 is 0. The van der Waals surface area contributed by atoms with Crippen molar-refractivity contribution in [3.05, 3.63) is 59.2 Å². The highest BCUT2D eigenvalue weighted by Gasteiger charge is 2.12. The molecule has 0 bridgehead atoms. The molecule has 2 rings (SSSR count). The predicted octanol–water partition coefficient (Wildman–Crippen LogP) is 3.57. The Kier molecular flexibility index (Phi) is 4.75. The summed E-state index contributed by atoms with van der Waals surface area (Å²) in [5, 5.41) is 0. The van der Waals surface area contributed by atoms with Gasteiger partial charge < -0.3 is 15.2 Å². The Balaban J connectivity index is 2.20. The van der Waals surface area contributed by atoms with Crippen LogP contribution in [0.2, 0.25) is 0 Å². The molecule has 0 radical (unpaired) electrons. The maximum absolute atomic E-state index is 13.5. The van der Waals surface area contributed by atoms with Crippen molar-refractivity contribution in [1.29, 1.82) is 0 Å². The summed E-state index contributed by atoms with van der Waals surface area (Å²) in [6.07, 6.45) is 0. The number of halogens is 2. The van der Waals surface area contributed by atoms with Gasteiger partial charge in [0, 0.05) is 6.04 Å². The summed E-state index contributed by atoms with van der Waals surface area (Å²) in [6, 6.07) is 8.77. The maximum atomic E-state index is 13.5. The van der Waals surface area contributed by atoms with Crippen molar-refractivity contribution in [2.24, 2.45) is 5.73 Å². The van der Waals surface area contributed by atoms with Gasteiger partial charge in [0.1, 0.15) is 18.2 Å². The summed E-state index contributed by atoms with van der Waals surface area (Å²) < 4.78 is 37.8. The van der Waals surface area contributed by atoms with Gasteiger partial charge in [-0.2, -0.15) is 0 Å². The molecule has 112 valence electrons. The molecule has 2 aromatic rings. The monoisotopic (exact) mass is 293 g/mol. The van der Waals surface area contributed by atoms with Crippen LogP contribution < -0.4 is 15.2 Å². The zero-order valence-electron chi connectivity index (χ0n) is 11.9. The average Bonchev–Trinajstić information content (AvgIpc) is 2.46. The van der Waals surface area contributed by atoms with E-state index in [0.29, 0.717) is 11.5 Å². The fourth-order valence-corrected chi connectivity index (χ4v) is 1.91. The van der Waals surface area contributed by atoms with Crippen LogP contribution in [-0.4, -0.2) is 7.11 Å². The first kappa shape index (κ1) is 15.3. The topological polar surface area (TPSA) is 44.5 Å². The Labute approximate surface area is 122 Å². The molecule has 0 spiro atoms. The first-order valence-corrected chi connectivity index (χ1v) is 6.52. The lowest BCUT2D eigenvalue weighted by molar-refractivity contribution is 0.274. The van der Waals surface area contributed by atoms with Crippen LogP contribution in [0.3, 0.4) is 0 Å². The Hall–Kier alpha value is -2.14. The van der Waals surface area contributed by atoms with Crippen molar-refractivity contribution >= 4 is 0 Å². The van der Waals surface area contributed by atoms with Crippen LogP contribution in [0.4, 0.5) is 8.78 Å². The van der Waals surface area contributed by atoms with Gasteiger partial charge in [-0.25, -0.2) is 8.78 Å². The average molecular weight is 293 g/mol. The number of nitrogens with two attached hydrogens (primary N) is 1. The molecule has 0 heterocycles. The van der Waals surface area contributed by atoms with E-state index in [1.807, 2.05) is 6.92 Å². The molecule has 3 nitrogen and oxygen atoms in total. The molecule has 5 heteroatoms. The molecular formula is C16H17F2NO2. The third kappa shape index (κ3) is 3.49. The lowest BCUT2D eigenvalue weighted by Crippen LogP contribution is -2.06. The summed E-state index contributed by atoms with van der Waals surface area (Å²) in [5.41, 5.74) is 6.57. The summed E-state index contributed by atoms with van der Waals surface area (Å²) in [6.45, 7) is 1.64. The van der Waals surface area contributed by atoms with Crippen molar-refractivity contribution in [1.82, 2.24) is 0 Å². The Morgan fingerprint density at radius 1 is 1.10 bits per heavy atom. The van der Waals surface area contributed by atoms with Crippen molar-refractivity contribution in [3.63, 3.8) is 0 Å². The van der Waals surface area contributed by atoms with E-state index in [1.165, 1.54) is 25.3 Å². The Bertz CT molecular complexity index is 609. The normalized spacial score (nSPS) is 12.0. The van der Waals surface area contributed by atoms with Crippen LogP contribution >= 0.6 is 0 Å². The summed E-state index contributed by atoms with van der Waals surface area (Å²) in [7, 11) is 1.50. The lowest BCUT2D eigenvalue weighted by Gasteiger charge is -2.14. The smallest absolute Gasteiger partial charge is 0.161 e. The van der Waals surface area contributed by atoms with E-state index in [1.54, 1.807) is 18.2 Å². The molecule has 0 fully saturated rings. The van der Waals surface area contributed by atoms with Crippen LogP contribution in [-0.2, 0) is 6.61 Å². The van der Waals surface area contributed by atoms with E-state index in [4.69, 9.17) is 15.2 Å². The molecular weight excluding hydrogens is 276 g/mol. The molecule has 0 aliphatic carbocycles. The Morgan fingerprint density at radius 3 is 2.33 bits per heavy atom. The number of methoxy groups -OCH3 is 1. The van der Waals surface area contributed by atoms with Gasteiger partial charge in [0.05, 0.1) is 12.7 Å².